The number of carboxylic acids is 1. The maximum Gasteiger partial charge on any atom is 0.339 e. The van der Waals surface area contributed by atoms with Gasteiger partial charge in [0.1, 0.15) is 11.3 Å². The number of anilines is 1. The van der Waals surface area contributed by atoms with E-state index in [-0.39, 0.29) is 22.6 Å². The monoisotopic (exact) mass is 293 g/mol. The zero-order chi connectivity index (χ0) is 15.5. The van der Waals surface area contributed by atoms with Crippen molar-refractivity contribution in [1.29, 1.82) is 0 Å². The Morgan fingerprint density at radius 1 is 1.19 bits per heavy atom. The number of halogens is 2. The quantitative estimate of drug-likeness (QED) is 0.831. The summed E-state index contributed by atoms with van der Waals surface area (Å²) < 4.78 is 32.9. The number of nitrogens with two attached hydrogens (primary N) is 1. The van der Waals surface area contributed by atoms with Crippen LogP contribution >= 0.6 is 0 Å². The fourth-order valence-corrected chi connectivity index (χ4v) is 1.77. The zero-order valence-electron chi connectivity index (χ0n) is 10.9. The van der Waals surface area contributed by atoms with Crippen LogP contribution in [0.5, 0.6) is 5.75 Å². The summed E-state index contributed by atoms with van der Waals surface area (Å²) in [7, 11) is 0. The molecule has 0 aliphatic rings. The van der Waals surface area contributed by atoms with Crippen LogP contribution in [-0.2, 0) is 5.92 Å². The summed E-state index contributed by atoms with van der Waals surface area (Å²) in [6.45, 7) is -0.971. The van der Waals surface area contributed by atoms with Gasteiger partial charge in [-0.2, -0.15) is 8.78 Å². The first-order valence-corrected chi connectivity index (χ1v) is 6.09. The third-order valence-corrected chi connectivity index (χ3v) is 2.84. The maximum absolute atomic E-state index is 14.0. The minimum atomic E-state index is -3.23. The van der Waals surface area contributed by atoms with Gasteiger partial charge in [0.25, 0.3) is 0 Å². The summed E-state index contributed by atoms with van der Waals surface area (Å²) in [5, 5.41) is 8.99. The second kappa shape index (κ2) is 5.78. The van der Waals surface area contributed by atoms with Gasteiger partial charge in [-0.25, -0.2) is 4.79 Å². The third-order valence-electron chi connectivity index (χ3n) is 2.84. The lowest BCUT2D eigenvalue weighted by atomic mass is 10.1. The maximum atomic E-state index is 14.0. The second-order valence-corrected chi connectivity index (χ2v) is 4.42. The molecule has 0 unspecified atom stereocenters. The van der Waals surface area contributed by atoms with Gasteiger partial charge in [0.2, 0.25) is 0 Å². The second-order valence-electron chi connectivity index (χ2n) is 4.42. The van der Waals surface area contributed by atoms with Crippen LogP contribution in [-0.4, -0.2) is 17.7 Å². The van der Waals surface area contributed by atoms with Crippen molar-refractivity contribution in [3.05, 3.63) is 59.7 Å². The van der Waals surface area contributed by atoms with E-state index in [0.717, 1.165) is 0 Å². The van der Waals surface area contributed by atoms with Crippen LogP contribution in [0.2, 0.25) is 0 Å². The van der Waals surface area contributed by atoms with Crippen molar-refractivity contribution in [3.8, 4) is 5.75 Å². The van der Waals surface area contributed by atoms with E-state index in [1.54, 1.807) is 6.07 Å². The highest BCUT2D eigenvalue weighted by molar-refractivity contribution is 5.91. The van der Waals surface area contributed by atoms with Crippen molar-refractivity contribution < 1.29 is 23.4 Å². The summed E-state index contributed by atoms with van der Waals surface area (Å²) in [5.41, 5.74) is 5.33. The first-order valence-electron chi connectivity index (χ1n) is 6.09. The Hall–Kier alpha value is -2.63. The lowest BCUT2D eigenvalue weighted by Gasteiger charge is -2.18. The van der Waals surface area contributed by atoms with Crippen LogP contribution in [0.1, 0.15) is 15.9 Å². The highest BCUT2D eigenvalue weighted by atomic mass is 19.3. The van der Waals surface area contributed by atoms with Gasteiger partial charge in [-0.3, -0.25) is 0 Å². The molecule has 0 heterocycles. The Kier molecular flexibility index (Phi) is 4.07. The highest BCUT2D eigenvalue weighted by Crippen LogP contribution is 2.30. The number of aromatic carboxylic acids is 1. The van der Waals surface area contributed by atoms with E-state index in [1.165, 1.54) is 42.5 Å². The van der Waals surface area contributed by atoms with Gasteiger partial charge in [-0.05, 0) is 12.1 Å². The first kappa shape index (κ1) is 14.8. The minimum Gasteiger partial charge on any atom is -0.486 e. The van der Waals surface area contributed by atoms with E-state index in [9.17, 15) is 13.6 Å². The average molecular weight is 293 g/mol. The molecule has 0 aliphatic carbocycles. The van der Waals surface area contributed by atoms with E-state index in [1.807, 2.05) is 0 Å². The number of carbonyl (C=O) groups is 1. The van der Waals surface area contributed by atoms with Crippen LogP contribution in [0.3, 0.4) is 0 Å². The Morgan fingerprint density at radius 2 is 1.86 bits per heavy atom. The molecule has 110 valence electrons. The van der Waals surface area contributed by atoms with Crippen molar-refractivity contribution in [2.45, 2.75) is 5.92 Å². The summed E-state index contributed by atoms with van der Waals surface area (Å²) in [6, 6.07) is 11.0. The normalized spacial score (nSPS) is 11.1. The molecule has 4 nitrogen and oxygen atoms in total. The highest BCUT2D eigenvalue weighted by Gasteiger charge is 2.33. The van der Waals surface area contributed by atoms with Crippen LogP contribution in [0.4, 0.5) is 14.5 Å². The van der Waals surface area contributed by atoms with Gasteiger partial charge < -0.3 is 15.6 Å². The number of hydrogen-bond donors (Lipinski definition) is 2. The molecule has 0 aromatic heterocycles. The number of carboxylic acid groups (broad SMARTS) is 1. The van der Waals surface area contributed by atoms with Crippen LogP contribution in [0, 0.1) is 0 Å². The van der Waals surface area contributed by atoms with E-state index in [4.69, 9.17) is 15.6 Å². The molecular formula is C15H13F2NO3. The lowest BCUT2D eigenvalue weighted by molar-refractivity contribution is -0.0469. The van der Waals surface area contributed by atoms with Gasteiger partial charge in [-0.1, -0.05) is 30.3 Å². The molecule has 6 heteroatoms. The molecule has 0 spiro atoms. The molecule has 2 aromatic rings. The van der Waals surface area contributed by atoms with Crippen LogP contribution in [0.25, 0.3) is 0 Å². The number of benzene rings is 2. The van der Waals surface area contributed by atoms with Crippen LogP contribution < -0.4 is 10.5 Å². The molecule has 3 N–H and O–H groups in total. The molecule has 0 saturated heterocycles. The van der Waals surface area contributed by atoms with Gasteiger partial charge in [0.05, 0.1) is 0 Å². The van der Waals surface area contributed by atoms with Gasteiger partial charge >= 0.3 is 11.9 Å². The van der Waals surface area contributed by atoms with Crippen LogP contribution in [0.15, 0.2) is 48.5 Å². The number of ether oxygens (including phenoxy) is 1. The van der Waals surface area contributed by atoms with E-state index >= 15 is 0 Å². The standard InChI is InChI=1S/C15H13F2NO3/c16-15(17,10-4-2-1-3-5-10)9-21-13-8-11(18)6-7-12(13)14(19)20/h1-8H,9,18H2,(H,19,20). The SMILES string of the molecule is Nc1ccc(C(=O)O)c(OCC(F)(F)c2ccccc2)c1. The molecule has 0 amide bonds. The Bertz CT molecular complexity index is 645. The topological polar surface area (TPSA) is 72.6 Å². The van der Waals surface area contributed by atoms with Gasteiger partial charge in [-0.15, -0.1) is 0 Å². The Balaban J connectivity index is 2.20. The molecule has 0 fully saturated rings. The lowest BCUT2D eigenvalue weighted by Crippen LogP contribution is -2.23. The summed E-state index contributed by atoms with van der Waals surface area (Å²) >= 11 is 0. The molecule has 0 bridgehead atoms. The molecular weight excluding hydrogens is 280 g/mol. The van der Waals surface area contributed by atoms with Crippen molar-refractivity contribution >= 4 is 11.7 Å². The van der Waals surface area contributed by atoms with Crippen molar-refractivity contribution in [2.75, 3.05) is 12.3 Å². The summed E-state index contributed by atoms with van der Waals surface area (Å²) in [5.74, 6) is -4.69. The predicted molar refractivity (Wildman–Crippen MR) is 73.6 cm³/mol. The van der Waals surface area contributed by atoms with Crippen molar-refractivity contribution in [1.82, 2.24) is 0 Å². The number of nitrogen functional groups attached to an aromatic ring is 1. The number of hydrogen-bond acceptors (Lipinski definition) is 3. The zero-order valence-corrected chi connectivity index (χ0v) is 10.9. The molecule has 0 aliphatic heterocycles. The number of rotatable bonds is 5. The molecule has 0 atom stereocenters. The molecule has 0 saturated carbocycles. The number of alkyl halides is 2. The van der Waals surface area contributed by atoms with Crippen molar-refractivity contribution in [3.63, 3.8) is 0 Å². The fraction of sp³-hybridized carbons (Fsp3) is 0.133. The third kappa shape index (κ3) is 3.47. The molecule has 2 aromatic carbocycles. The summed E-state index contributed by atoms with van der Waals surface area (Å²) in [4.78, 5) is 11.0. The Labute approximate surface area is 119 Å². The molecule has 2 rings (SSSR count). The smallest absolute Gasteiger partial charge is 0.339 e. The minimum absolute atomic E-state index is 0.182. The average Bonchev–Trinajstić information content (AvgIpc) is 2.46. The van der Waals surface area contributed by atoms with Gasteiger partial charge in [0.15, 0.2) is 6.61 Å². The van der Waals surface area contributed by atoms with Crippen molar-refractivity contribution in [2.24, 2.45) is 0 Å². The van der Waals surface area contributed by atoms with E-state index in [2.05, 4.69) is 0 Å². The predicted octanol–water partition coefficient (Wildman–Crippen LogP) is 3.14. The molecule has 21 heavy (non-hydrogen) atoms. The van der Waals surface area contributed by atoms with E-state index in [0.29, 0.717) is 0 Å². The van der Waals surface area contributed by atoms with Gasteiger partial charge in [0, 0.05) is 17.3 Å². The largest absolute Gasteiger partial charge is 0.486 e. The molecule has 0 radical (unpaired) electrons. The Morgan fingerprint density at radius 3 is 2.48 bits per heavy atom. The van der Waals surface area contributed by atoms with E-state index < -0.39 is 18.5 Å². The summed E-state index contributed by atoms with van der Waals surface area (Å²) in [6.07, 6.45) is 0. The first-order chi connectivity index (χ1) is 9.90. The fourth-order valence-electron chi connectivity index (χ4n) is 1.77.